The molecule has 0 bridgehead atoms. The first-order valence-electron chi connectivity index (χ1n) is 1.52. The first kappa shape index (κ1) is 3.42. The number of nitrogens with zero attached hydrogens (tertiary/aromatic N) is 3. The fraction of sp³-hybridized carbons (Fsp3) is 0. The Balaban J connectivity index is 2.60. The lowest BCUT2D eigenvalue weighted by Crippen LogP contribution is -2.95. The van der Waals surface area contributed by atoms with Crippen molar-refractivity contribution in [3.63, 3.8) is 0 Å². The highest BCUT2D eigenvalue weighted by Crippen LogP contribution is 1.63. The molecule has 1 unspecified atom stereocenters. The number of hydrogen-bond acceptors (Lipinski definition) is 3. The Morgan fingerprint density at radius 2 is 2.50 bits per heavy atom. The van der Waals surface area contributed by atoms with Crippen molar-refractivity contribution in [3.8, 4) is 0 Å². The molecule has 0 aliphatic carbocycles. The highest BCUT2D eigenvalue weighted by molar-refractivity contribution is 5.53. The predicted octanol–water partition coefficient (Wildman–Crippen LogP) is -1.01. The van der Waals surface area contributed by atoms with Gasteiger partial charge in [-0.2, -0.15) is 5.12 Å². The zero-order chi connectivity index (χ0) is 4.41. The van der Waals surface area contributed by atoms with Crippen LogP contribution in [0.3, 0.4) is 0 Å². The van der Waals surface area contributed by atoms with Crippen LogP contribution in [-0.2, 0) is 0 Å². The lowest BCUT2D eigenvalue weighted by molar-refractivity contribution is -0.868. The summed E-state index contributed by atoms with van der Waals surface area (Å²) >= 11 is 0. The minimum Gasteiger partial charge on any atom is -0.193 e. The minimum atomic E-state index is 0.481. The van der Waals surface area contributed by atoms with Gasteiger partial charge in [-0.25, -0.2) is 0 Å². The van der Waals surface area contributed by atoms with Crippen LogP contribution in [0.5, 0.6) is 0 Å². The molecule has 0 spiro atoms. The summed E-state index contributed by atoms with van der Waals surface area (Å²) in [5.41, 5.74) is 0. The van der Waals surface area contributed by atoms with Crippen LogP contribution in [0.25, 0.3) is 0 Å². The van der Waals surface area contributed by atoms with Crippen molar-refractivity contribution < 1.29 is 5.12 Å². The van der Waals surface area contributed by atoms with Crippen LogP contribution in [-0.4, -0.2) is 6.34 Å². The van der Waals surface area contributed by atoms with Gasteiger partial charge >= 0.3 is 0 Å². The summed E-state index contributed by atoms with van der Waals surface area (Å²) in [6.07, 6.45) is 1.36. The Morgan fingerprint density at radius 3 is 2.67 bits per heavy atom. The van der Waals surface area contributed by atoms with Gasteiger partial charge in [-0.05, 0) is 0 Å². The number of hydrogen-bond donors (Lipinski definition) is 1. The molecule has 0 fully saturated rings. The van der Waals surface area contributed by atoms with Crippen LogP contribution >= 0.6 is 0 Å². The van der Waals surface area contributed by atoms with Gasteiger partial charge in [0.2, 0.25) is 0 Å². The Hall–Kier alpha value is -0.770. The average Bonchev–Trinajstić information content (AvgIpc) is 1.86. The molecule has 1 rings (SSSR count). The van der Waals surface area contributed by atoms with Crippen molar-refractivity contribution >= 4 is 6.34 Å². The summed E-state index contributed by atoms with van der Waals surface area (Å²) < 4.78 is 0. The molecule has 1 aliphatic heterocycles. The van der Waals surface area contributed by atoms with Crippen molar-refractivity contribution in [2.75, 3.05) is 0 Å². The van der Waals surface area contributed by atoms with Crippen LogP contribution in [0.2, 0.25) is 0 Å². The molecule has 1 N–H and O–H groups in total. The monoisotopic (exact) mass is 84.0 g/mol. The molecule has 4 heteroatoms. The highest BCUT2D eigenvalue weighted by atomic mass is 15.7. The smallest absolute Gasteiger partial charge is 0.193 e. The molecule has 1 aliphatic rings. The molecule has 0 aromatic heterocycles. The molecule has 0 amide bonds. The van der Waals surface area contributed by atoms with E-state index >= 15 is 0 Å². The van der Waals surface area contributed by atoms with E-state index in [-0.39, 0.29) is 0 Å². The number of quaternary nitrogens is 1. The lowest BCUT2D eigenvalue weighted by atomic mass is 11.3. The van der Waals surface area contributed by atoms with E-state index in [0.29, 0.717) is 5.12 Å². The van der Waals surface area contributed by atoms with Crippen molar-refractivity contribution in [2.24, 2.45) is 15.4 Å². The molecule has 1 atom stereocenters. The summed E-state index contributed by atoms with van der Waals surface area (Å²) in [4.78, 5) is 0. The Kier molecular flexibility index (Phi) is 0.648. The molecular weight excluding hydrogens is 80.1 g/mol. The third-order valence-corrected chi connectivity index (χ3v) is 0.432. The van der Waals surface area contributed by atoms with E-state index in [9.17, 15) is 0 Å². The summed E-state index contributed by atoms with van der Waals surface area (Å²) in [5.74, 6) is 0. The Morgan fingerprint density at radius 1 is 1.67 bits per heavy atom. The Labute approximate surface area is 35.1 Å². The van der Waals surface area contributed by atoms with Crippen LogP contribution in [0.1, 0.15) is 0 Å². The second-order valence-electron chi connectivity index (χ2n) is 0.876. The second-order valence-corrected chi connectivity index (χ2v) is 0.876. The predicted molar refractivity (Wildman–Crippen MR) is 19.7 cm³/mol. The van der Waals surface area contributed by atoms with Crippen molar-refractivity contribution in [2.45, 2.75) is 0 Å². The molecular formula is C2H4N4. The van der Waals surface area contributed by atoms with Gasteiger partial charge in [0, 0.05) is 5.22 Å². The van der Waals surface area contributed by atoms with Crippen molar-refractivity contribution in [1.82, 2.24) is 0 Å². The molecule has 1 heterocycles. The molecule has 0 saturated heterocycles. The number of nitrogens with one attached hydrogen (secondary N) is 1. The topological polar surface area (TPSA) is 41.5 Å². The summed E-state index contributed by atoms with van der Waals surface area (Å²) in [7, 11) is 3.40. The molecule has 0 aromatic rings. The normalized spacial score (nSPS) is 29.2. The molecule has 0 aromatic carbocycles. The maximum absolute atomic E-state index is 3.58. The zero-order valence-electron chi connectivity index (χ0n) is 3.13. The van der Waals surface area contributed by atoms with Crippen molar-refractivity contribution in [3.05, 3.63) is 7.05 Å². The second kappa shape index (κ2) is 1.14. The molecule has 6 heavy (non-hydrogen) atoms. The fourth-order valence-corrected chi connectivity index (χ4v) is 0.211. The first-order chi connectivity index (χ1) is 2.89. The zero-order valence-corrected chi connectivity index (χ0v) is 3.13. The van der Waals surface area contributed by atoms with Crippen LogP contribution in [0.15, 0.2) is 15.4 Å². The van der Waals surface area contributed by atoms with Crippen LogP contribution in [0, 0.1) is 7.05 Å². The average molecular weight is 84.1 g/mol. The summed E-state index contributed by atoms with van der Waals surface area (Å²) in [6, 6.07) is 0. The molecule has 0 radical (unpaired) electrons. The van der Waals surface area contributed by atoms with Gasteiger partial charge in [0.25, 0.3) is 0 Å². The maximum atomic E-state index is 3.58. The van der Waals surface area contributed by atoms with E-state index in [4.69, 9.17) is 0 Å². The third kappa shape index (κ3) is 0.414. The van der Waals surface area contributed by atoms with E-state index in [2.05, 4.69) is 22.5 Å². The minimum absolute atomic E-state index is 0.481. The fourth-order valence-electron chi connectivity index (χ4n) is 0.211. The third-order valence-electron chi connectivity index (χ3n) is 0.432. The van der Waals surface area contributed by atoms with Crippen LogP contribution in [0.4, 0.5) is 0 Å². The van der Waals surface area contributed by atoms with Crippen LogP contribution < -0.4 is 5.12 Å². The van der Waals surface area contributed by atoms with Gasteiger partial charge in [-0.1, -0.05) is 17.3 Å². The number of rotatable bonds is 0. The molecule has 4 nitrogen and oxygen atoms in total. The van der Waals surface area contributed by atoms with Gasteiger partial charge in [0.05, 0.1) is 0 Å². The standard InChI is InChI=1S/C2H4N4/c1-6-4-2-3-5-6/h2,6H,1H2. The SMILES string of the molecule is [CH2-][NH+]1N=CN=N1. The summed E-state index contributed by atoms with van der Waals surface area (Å²) in [6.45, 7) is 0. The maximum Gasteiger partial charge on any atom is 0.198 e. The molecule has 32 valence electrons. The van der Waals surface area contributed by atoms with Gasteiger partial charge < -0.3 is 0 Å². The highest BCUT2D eigenvalue weighted by Gasteiger charge is 1.88. The van der Waals surface area contributed by atoms with E-state index in [1.54, 1.807) is 0 Å². The van der Waals surface area contributed by atoms with Gasteiger partial charge in [-0.15, -0.1) is 0 Å². The van der Waals surface area contributed by atoms with Gasteiger partial charge in [0.1, 0.15) is 0 Å². The van der Waals surface area contributed by atoms with E-state index in [0.717, 1.165) is 0 Å². The molecule has 0 saturated carbocycles. The van der Waals surface area contributed by atoms with E-state index < -0.39 is 0 Å². The lowest BCUT2D eigenvalue weighted by Gasteiger charge is -1.91. The van der Waals surface area contributed by atoms with Gasteiger partial charge in [-0.3, -0.25) is 0 Å². The summed E-state index contributed by atoms with van der Waals surface area (Å²) in [5, 5.41) is 10.9. The first-order valence-corrected chi connectivity index (χ1v) is 1.52. The van der Waals surface area contributed by atoms with Gasteiger partial charge in [0.15, 0.2) is 6.34 Å². The van der Waals surface area contributed by atoms with Crippen molar-refractivity contribution in [1.29, 1.82) is 0 Å². The van der Waals surface area contributed by atoms with E-state index in [1.165, 1.54) is 6.34 Å². The quantitative estimate of drug-likeness (QED) is 0.365. The largest absolute Gasteiger partial charge is 0.198 e. The van der Waals surface area contributed by atoms with E-state index in [1.807, 2.05) is 0 Å². The Bertz CT molecular complexity index is 81.7.